The molecule has 0 heterocycles. The van der Waals surface area contributed by atoms with Crippen LogP contribution in [-0.2, 0) is 4.74 Å². The number of carbonyl (C=O) groups is 1. The highest BCUT2D eigenvalue weighted by molar-refractivity contribution is 7.81. The van der Waals surface area contributed by atoms with Crippen LogP contribution in [0.1, 0.15) is 17.0 Å². The van der Waals surface area contributed by atoms with Crippen molar-refractivity contribution in [1.82, 2.24) is 10.6 Å². The largest absolute Gasteiger partial charge is 0.448 e. The second kappa shape index (κ2) is 6.94. The average Bonchev–Trinajstić information content (AvgIpc) is 2.86. The lowest BCUT2D eigenvalue weighted by Crippen LogP contribution is -2.44. The highest BCUT2D eigenvalue weighted by atomic mass is 32.1. The normalized spacial score (nSPS) is 12.0. The van der Waals surface area contributed by atoms with Crippen LogP contribution in [0.15, 0.2) is 48.5 Å². The molecule has 0 aliphatic heterocycles. The first-order valence-electron chi connectivity index (χ1n) is 7.28. The molecule has 1 aliphatic rings. The Kier molecular flexibility index (Phi) is 4.73. The molecular formula is C17H15N3O2S2. The molecule has 1 aliphatic carbocycles. The number of amides is 1. The zero-order chi connectivity index (χ0) is 17.1. The molecule has 3 rings (SSSR count). The van der Waals surface area contributed by atoms with Gasteiger partial charge in [-0.15, -0.1) is 0 Å². The van der Waals surface area contributed by atoms with E-state index in [4.69, 9.17) is 22.7 Å². The van der Waals surface area contributed by atoms with Crippen molar-refractivity contribution in [2.75, 3.05) is 6.61 Å². The quantitative estimate of drug-likeness (QED) is 0.718. The van der Waals surface area contributed by atoms with Crippen LogP contribution < -0.4 is 16.4 Å². The van der Waals surface area contributed by atoms with E-state index in [9.17, 15) is 4.79 Å². The molecule has 0 bridgehead atoms. The summed E-state index contributed by atoms with van der Waals surface area (Å²) in [4.78, 5) is 11.9. The van der Waals surface area contributed by atoms with Crippen molar-refractivity contribution in [3.05, 3.63) is 59.7 Å². The van der Waals surface area contributed by atoms with Gasteiger partial charge >= 0.3 is 6.09 Å². The van der Waals surface area contributed by atoms with Gasteiger partial charge in [0.05, 0.1) is 0 Å². The van der Waals surface area contributed by atoms with Gasteiger partial charge in [0.2, 0.25) is 0 Å². The Labute approximate surface area is 150 Å². The summed E-state index contributed by atoms with van der Waals surface area (Å²) in [6.07, 6.45) is -0.648. The molecule has 0 radical (unpaired) electrons. The molecule has 2 aromatic carbocycles. The first kappa shape index (κ1) is 16.4. The second-order valence-electron chi connectivity index (χ2n) is 5.27. The van der Waals surface area contributed by atoms with E-state index in [0.29, 0.717) is 0 Å². The first-order chi connectivity index (χ1) is 11.6. The first-order valence-corrected chi connectivity index (χ1v) is 8.10. The van der Waals surface area contributed by atoms with Gasteiger partial charge in [0, 0.05) is 5.92 Å². The van der Waals surface area contributed by atoms with E-state index >= 15 is 0 Å². The standard InChI is InChI=1S/C17H15N3O2S2/c18-15(23)19-16(24)20-17(21)22-9-14-12-7-3-1-5-10(12)11-6-2-4-8-13(11)14/h1-8,14H,9H2,(H4,18,19,20,21,23,24). The lowest BCUT2D eigenvalue weighted by molar-refractivity contribution is 0.148. The van der Waals surface area contributed by atoms with Crippen LogP contribution in [-0.4, -0.2) is 22.9 Å². The summed E-state index contributed by atoms with van der Waals surface area (Å²) in [5.74, 6) is 0.000246. The van der Waals surface area contributed by atoms with Gasteiger partial charge < -0.3 is 15.8 Å². The van der Waals surface area contributed by atoms with E-state index < -0.39 is 6.09 Å². The molecule has 0 atom stereocenters. The lowest BCUT2D eigenvalue weighted by Gasteiger charge is -2.15. The van der Waals surface area contributed by atoms with Gasteiger partial charge in [-0.05, 0) is 46.7 Å². The molecule has 0 unspecified atom stereocenters. The van der Waals surface area contributed by atoms with Crippen LogP contribution in [0, 0.1) is 0 Å². The third kappa shape index (κ3) is 3.37. The molecule has 4 N–H and O–H groups in total. The Morgan fingerprint density at radius 1 is 1.00 bits per heavy atom. The predicted octanol–water partition coefficient (Wildman–Crippen LogP) is 2.64. The van der Waals surface area contributed by atoms with Gasteiger partial charge in [0.1, 0.15) is 6.61 Å². The Hall–Kier alpha value is -2.51. The van der Waals surface area contributed by atoms with Crippen molar-refractivity contribution in [2.24, 2.45) is 5.73 Å². The van der Waals surface area contributed by atoms with Crippen molar-refractivity contribution in [1.29, 1.82) is 0 Å². The van der Waals surface area contributed by atoms with E-state index in [1.54, 1.807) is 0 Å². The topological polar surface area (TPSA) is 76.4 Å². The number of ether oxygens (including phenoxy) is 1. The fraction of sp³-hybridized carbons (Fsp3) is 0.118. The van der Waals surface area contributed by atoms with Crippen LogP contribution in [0.25, 0.3) is 11.1 Å². The fourth-order valence-electron chi connectivity index (χ4n) is 2.87. The molecule has 0 fully saturated rings. The lowest BCUT2D eigenvalue weighted by atomic mass is 9.98. The Balaban J connectivity index is 1.71. The summed E-state index contributed by atoms with van der Waals surface area (Å²) >= 11 is 9.54. The minimum atomic E-state index is -0.648. The zero-order valence-corrected chi connectivity index (χ0v) is 14.2. The summed E-state index contributed by atoms with van der Waals surface area (Å²) in [6.45, 7) is 0.218. The van der Waals surface area contributed by atoms with Gasteiger partial charge in [-0.3, -0.25) is 5.32 Å². The Morgan fingerprint density at radius 2 is 1.54 bits per heavy atom. The van der Waals surface area contributed by atoms with Gasteiger partial charge in [-0.1, -0.05) is 48.5 Å². The van der Waals surface area contributed by atoms with Crippen LogP contribution in [0.5, 0.6) is 0 Å². The zero-order valence-electron chi connectivity index (χ0n) is 12.6. The summed E-state index contributed by atoms with van der Waals surface area (Å²) in [7, 11) is 0. The number of nitrogens with two attached hydrogens (primary N) is 1. The van der Waals surface area contributed by atoms with E-state index in [2.05, 4.69) is 47.1 Å². The number of carbonyl (C=O) groups excluding carboxylic acids is 1. The fourth-order valence-corrected chi connectivity index (χ4v) is 3.23. The maximum atomic E-state index is 11.9. The monoisotopic (exact) mass is 357 g/mol. The minimum Gasteiger partial charge on any atom is -0.448 e. The van der Waals surface area contributed by atoms with E-state index in [-0.39, 0.29) is 22.7 Å². The van der Waals surface area contributed by atoms with Gasteiger partial charge in [-0.2, -0.15) is 0 Å². The number of benzene rings is 2. The summed E-state index contributed by atoms with van der Waals surface area (Å²) in [5, 5.41) is 4.84. The molecule has 0 saturated heterocycles. The number of thiocarbonyl (C=S) groups is 2. The molecule has 0 aromatic heterocycles. The molecule has 5 nitrogen and oxygen atoms in total. The van der Waals surface area contributed by atoms with Crippen LogP contribution in [0.3, 0.4) is 0 Å². The van der Waals surface area contributed by atoms with E-state index in [1.807, 2.05) is 24.3 Å². The van der Waals surface area contributed by atoms with Gasteiger partial charge in [-0.25, -0.2) is 4.79 Å². The van der Waals surface area contributed by atoms with E-state index in [0.717, 1.165) is 11.1 Å². The van der Waals surface area contributed by atoms with Crippen LogP contribution in [0.4, 0.5) is 4.79 Å². The molecule has 122 valence electrons. The molecule has 24 heavy (non-hydrogen) atoms. The average molecular weight is 357 g/mol. The third-order valence-electron chi connectivity index (χ3n) is 3.80. The third-order valence-corrected chi connectivity index (χ3v) is 4.10. The highest BCUT2D eigenvalue weighted by Gasteiger charge is 2.29. The van der Waals surface area contributed by atoms with Crippen LogP contribution >= 0.6 is 24.4 Å². The van der Waals surface area contributed by atoms with Crippen LogP contribution in [0.2, 0.25) is 0 Å². The number of nitrogens with one attached hydrogen (secondary N) is 2. The molecule has 1 amide bonds. The maximum Gasteiger partial charge on any atom is 0.413 e. The minimum absolute atomic E-state index is 0.000246. The maximum absolute atomic E-state index is 11.9. The number of fused-ring (bicyclic) bond motifs is 3. The Morgan fingerprint density at radius 3 is 2.08 bits per heavy atom. The van der Waals surface area contributed by atoms with Crippen molar-refractivity contribution in [2.45, 2.75) is 5.92 Å². The molecule has 0 saturated carbocycles. The van der Waals surface area contributed by atoms with Crippen molar-refractivity contribution in [3.63, 3.8) is 0 Å². The number of hydrogen-bond acceptors (Lipinski definition) is 4. The molecule has 7 heteroatoms. The molecular weight excluding hydrogens is 342 g/mol. The van der Waals surface area contributed by atoms with Crippen molar-refractivity contribution in [3.8, 4) is 11.1 Å². The Bertz CT molecular complexity index is 777. The van der Waals surface area contributed by atoms with Gasteiger partial charge in [0.15, 0.2) is 10.2 Å². The SMILES string of the molecule is NC(=S)NC(=S)NC(=O)OCC1c2ccccc2-c2ccccc21. The smallest absolute Gasteiger partial charge is 0.413 e. The number of hydrogen-bond donors (Lipinski definition) is 3. The summed E-state index contributed by atoms with van der Waals surface area (Å²) < 4.78 is 5.33. The molecule has 0 spiro atoms. The highest BCUT2D eigenvalue weighted by Crippen LogP contribution is 2.44. The number of rotatable bonds is 2. The summed E-state index contributed by atoms with van der Waals surface area (Å²) in [5.41, 5.74) is 9.93. The summed E-state index contributed by atoms with van der Waals surface area (Å²) in [6, 6.07) is 16.3. The predicted molar refractivity (Wildman–Crippen MR) is 101 cm³/mol. The van der Waals surface area contributed by atoms with Crippen molar-refractivity contribution < 1.29 is 9.53 Å². The van der Waals surface area contributed by atoms with Crippen molar-refractivity contribution >= 4 is 40.8 Å². The number of alkyl carbamates (subject to hydrolysis) is 1. The molecule has 2 aromatic rings. The van der Waals surface area contributed by atoms with E-state index in [1.165, 1.54) is 11.1 Å². The second-order valence-corrected chi connectivity index (χ2v) is 6.12. The van der Waals surface area contributed by atoms with Gasteiger partial charge in [0.25, 0.3) is 0 Å².